The highest BCUT2D eigenvalue weighted by Gasteiger charge is 2.34. The molecule has 2 atom stereocenters. The zero-order valence-electron chi connectivity index (χ0n) is 10.7. The quantitative estimate of drug-likeness (QED) is 0.570. The molecule has 0 aliphatic heterocycles. The summed E-state index contributed by atoms with van der Waals surface area (Å²) < 4.78 is 32.0. The maximum Gasteiger partial charge on any atom is 0.309 e. The Hall–Kier alpha value is -0.620. The molecular formula is C11H20O5S. The van der Waals surface area contributed by atoms with Gasteiger partial charge in [0.05, 0.1) is 18.3 Å². The van der Waals surface area contributed by atoms with Crippen molar-refractivity contribution in [2.45, 2.75) is 51.7 Å². The highest BCUT2D eigenvalue weighted by atomic mass is 32.2. The molecule has 0 bridgehead atoms. The standard InChI is InChI=1S/C11H20O5S/c1-11(2,3)15-10(12)8-5-6-9(7-8)16-17(4,13)14/h8-9H,5-7H2,1-4H3/t8-,9-/m0/s1. The smallest absolute Gasteiger partial charge is 0.309 e. The van der Waals surface area contributed by atoms with Crippen molar-refractivity contribution in [3.8, 4) is 0 Å². The van der Waals surface area contributed by atoms with Crippen LogP contribution in [0.1, 0.15) is 40.0 Å². The van der Waals surface area contributed by atoms with E-state index in [0.717, 1.165) is 6.26 Å². The topological polar surface area (TPSA) is 69.7 Å². The van der Waals surface area contributed by atoms with Crippen LogP contribution < -0.4 is 0 Å². The lowest BCUT2D eigenvalue weighted by Crippen LogP contribution is -2.28. The van der Waals surface area contributed by atoms with Crippen LogP contribution in [-0.4, -0.2) is 32.3 Å². The van der Waals surface area contributed by atoms with Crippen LogP contribution in [0.4, 0.5) is 0 Å². The van der Waals surface area contributed by atoms with Gasteiger partial charge in [-0.1, -0.05) is 0 Å². The SMILES string of the molecule is CC(C)(C)OC(=O)[C@H]1CC[C@H](OS(C)(=O)=O)C1. The number of rotatable bonds is 3. The van der Waals surface area contributed by atoms with Crippen molar-refractivity contribution < 1.29 is 22.1 Å². The van der Waals surface area contributed by atoms with Gasteiger partial charge in [-0.25, -0.2) is 0 Å². The van der Waals surface area contributed by atoms with Gasteiger partial charge >= 0.3 is 5.97 Å². The first-order valence-corrected chi connectivity index (χ1v) is 7.49. The minimum Gasteiger partial charge on any atom is -0.460 e. The van der Waals surface area contributed by atoms with E-state index in [1.165, 1.54) is 0 Å². The Kier molecular flexibility index (Phi) is 4.19. The number of carbonyl (C=O) groups is 1. The Labute approximate surface area is 103 Å². The summed E-state index contributed by atoms with van der Waals surface area (Å²) in [7, 11) is -3.44. The van der Waals surface area contributed by atoms with Crippen molar-refractivity contribution in [1.29, 1.82) is 0 Å². The normalized spacial score (nSPS) is 25.9. The number of hydrogen-bond donors (Lipinski definition) is 0. The van der Waals surface area contributed by atoms with E-state index in [4.69, 9.17) is 8.92 Å². The van der Waals surface area contributed by atoms with Crippen LogP contribution in [0.2, 0.25) is 0 Å². The molecule has 0 spiro atoms. The summed E-state index contributed by atoms with van der Waals surface area (Å²) >= 11 is 0. The molecule has 100 valence electrons. The molecule has 1 aliphatic carbocycles. The number of carbonyl (C=O) groups excluding carboxylic acids is 1. The van der Waals surface area contributed by atoms with Crippen molar-refractivity contribution >= 4 is 16.1 Å². The Balaban J connectivity index is 2.48. The molecule has 0 N–H and O–H groups in total. The molecule has 0 heterocycles. The second kappa shape index (κ2) is 4.94. The van der Waals surface area contributed by atoms with Crippen LogP contribution in [-0.2, 0) is 23.8 Å². The molecule has 1 saturated carbocycles. The fourth-order valence-corrected chi connectivity index (χ4v) is 2.54. The molecule has 5 nitrogen and oxygen atoms in total. The number of hydrogen-bond acceptors (Lipinski definition) is 5. The molecule has 1 aliphatic rings. The minimum absolute atomic E-state index is 0.249. The minimum atomic E-state index is -3.44. The van der Waals surface area contributed by atoms with Crippen LogP contribution in [0.15, 0.2) is 0 Å². The maximum absolute atomic E-state index is 11.7. The molecule has 0 unspecified atom stereocenters. The van der Waals surface area contributed by atoms with Gasteiger partial charge in [0.2, 0.25) is 0 Å². The summed E-state index contributed by atoms with van der Waals surface area (Å²) in [6.07, 6.45) is 2.25. The second-order valence-electron chi connectivity index (χ2n) is 5.47. The van der Waals surface area contributed by atoms with Gasteiger partial charge in [0, 0.05) is 0 Å². The number of esters is 1. The van der Waals surface area contributed by atoms with Crippen molar-refractivity contribution in [3.63, 3.8) is 0 Å². The molecular weight excluding hydrogens is 244 g/mol. The number of ether oxygens (including phenoxy) is 1. The van der Waals surface area contributed by atoms with Crippen molar-refractivity contribution in [2.75, 3.05) is 6.26 Å². The third-order valence-electron chi connectivity index (χ3n) is 2.44. The average molecular weight is 264 g/mol. The van der Waals surface area contributed by atoms with E-state index >= 15 is 0 Å². The summed E-state index contributed by atoms with van der Waals surface area (Å²) in [5.41, 5.74) is -0.507. The first-order valence-electron chi connectivity index (χ1n) is 5.68. The molecule has 17 heavy (non-hydrogen) atoms. The van der Waals surface area contributed by atoms with Crippen LogP contribution >= 0.6 is 0 Å². The summed E-state index contributed by atoms with van der Waals surface area (Å²) in [5.74, 6) is -0.516. The predicted molar refractivity (Wildman–Crippen MR) is 62.9 cm³/mol. The lowest BCUT2D eigenvalue weighted by Gasteiger charge is -2.22. The molecule has 1 rings (SSSR count). The first kappa shape index (κ1) is 14.4. The van der Waals surface area contributed by atoms with Crippen molar-refractivity contribution in [2.24, 2.45) is 5.92 Å². The van der Waals surface area contributed by atoms with Gasteiger partial charge < -0.3 is 4.74 Å². The summed E-state index contributed by atoms with van der Waals surface area (Å²) in [6, 6.07) is 0. The lowest BCUT2D eigenvalue weighted by molar-refractivity contribution is -0.159. The van der Waals surface area contributed by atoms with Gasteiger partial charge in [-0.2, -0.15) is 8.42 Å². The lowest BCUT2D eigenvalue weighted by atomic mass is 10.1. The van der Waals surface area contributed by atoms with Gasteiger partial charge in [-0.05, 0) is 40.0 Å². The fourth-order valence-electron chi connectivity index (χ4n) is 1.87. The molecule has 0 radical (unpaired) electrons. The molecule has 0 aromatic rings. The van der Waals surface area contributed by atoms with Crippen LogP contribution in [0.5, 0.6) is 0 Å². The molecule has 0 saturated heterocycles. The highest BCUT2D eigenvalue weighted by Crippen LogP contribution is 2.30. The van der Waals surface area contributed by atoms with Crippen LogP contribution in [0, 0.1) is 5.92 Å². The first-order chi connectivity index (χ1) is 7.57. The Morgan fingerprint density at radius 2 is 1.82 bits per heavy atom. The molecule has 0 aromatic carbocycles. The Morgan fingerprint density at radius 1 is 1.24 bits per heavy atom. The molecule has 0 amide bonds. The zero-order chi connectivity index (χ0) is 13.3. The van der Waals surface area contributed by atoms with Gasteiger partial charge in [0.25, 0.3) is 10.1 Å². The van der Waals surface area contributed by atoms with Crippen molar-refractivity contribution in [1.82, 2.24) is 0 Å². The predicted octanol–water partition coefficient (Wildman–Crippen LogP) is 1.47. The van der Waals surface area contributed by atoms with Crippen LogP contribution in [0.25, 0.3) is 0 Å². The van der Waals surface area contributed by atoms with E-state index < -0.39 is 15.7 Å². The monoisotopic (exact) mass is 264 g/mol. The Morgan fingerprint density at radius 3 is 2.29 bits per heavy atom. The molecule has 1 fully saturated rings. The largest absolute Gasteiger partial charge is 0.460 e. The zero-order valence-corrected chi connectivity index (χ0v) is 11.5. The third kappa shape index (κ3) is 5.50. The van der Waals surface area contributed by atoms with E-state index in [0.29, 0.717) is 19.3 Å². The Bertz CT molecular complexity index is 379. The van der Waals surface area contributed by atoms with E-state index in [1.54, 1.807) is 0 Å². The molecule has 6 heteroatoms. The summed E-state index contributed by atoms with van der Waals surface area (Å²) in [4.78, 5) is 11.7. The maximum atomic E-state index is 11.7. The van der Waals surface area contributed by atoms with Crippen molar-refractivity contribution in [3.05, 3.63) is 0 Å². The van der Waals surface area contributed by atoms with Gasteiger partial charge in [-0.3, -0.25) is 8.98 Å². The van der Waals surface area contributed by atoms with Gasteiger partial charge in [0.15, 0.2) is 0 Å². The van der Waals surface area contributed by atoms with E-state index in [9.17, 15) is 13.2 Å². The van der Waals surface area contributed by atoms with E-state index in [2.05, 4.69) is 0 Å². The summed E-state index contributed by atoms with van der Waals surface area (Å²) in [6.45, 7) is 5.43. The average Bonchev–Trinajstić information content (AvgIpc) is 2.45. The highest BCUT2D eigenvalue weighted by molar-refractivity contribution is 7.86. The fraction of sp³-hybridized carbons (Fsp3) is 0.909. The third-order valence-corrected chi connectivity index (χ3v) is 3.06. The van der Waals surface area contributed by atoms with E-state index in [1.807, 2.05) is 20.8 Å². The van der Waals surface area contributed by atoms with Gasteiger partial charge in [0.1, 0.15) is 5.60 Å². The van der Waals surface area contributed by atoms with E-state index in [-0.39, 0.29) is 18.0 Å². The van der Waals surface area contributed by atoms with Gasteiger partial charge in [-0.15, -0.1) is 0 Å². The van der Waals surface area contributed by atoms with Crippen LogP contribution in [0.3, 0.4) is 0 Å². The second-order valence-corrected chi connectivity index (χ2v) is 7.07. The molecule has 0 aromatic heterocycles. The summed E-state index contributed by atoms with van der Waals surface area (Å²) in [5, 5.41) is 0.